The lowest BCUT2D eigenvalue weighted by atomic mass is 10.2. The highest BCUT2D eigenvalue weighted by Gasteiger charge is 2.14. The Morgan fingerprint density at radius 1 is 1.12 bits per heavy atom. The SMILES string of the molecule is COc1ccc(C(=O)Nn2c(C)nc3ccc(Br)cc3c2=O)cc1OC. The van der Waals surface area contributed by atoms with Crippen molar-refractivity contribution in [2.45, 2.75) is 6.92 Å². The molecule has 0 spiro atoms. The van der Waals surface area contributed by atoms with Gasteiger partial charge >= 0.3 is 0 Å². The minimum atomic E-state index is -0.465. The zero-order valence-electron chi connectivity index (χ0n) is 14.4. The third-order valence-electron chi connectivity index (χ3n) is 3.86. The van der Waals surface area contributed by atoms with Gasteiger partial charge in [0.15, 0.2) is 11.5 Å². The Morgan fingerprint density at radius 3 is 2.54 bits per heavy atom. The maximum atomic E-state index is 12.7. The number of halogens is 1. The third kappa shape index (κ3) is 3.28. The van der Waals surface area contributed by atoms with Gasteiger partial charge in [0.25, 0.3) is 11.5 Å². The molecule has 1 N–H and O–H groups in total. The van der Waals surface area contributed by atoms with E-state index < -0.39 is 5.91 Å². The summed E-state index contributed by atoms with van der Waals surface area (Å²) in [5.74, 6) is 0.838. The number of methoxy groups -OCH3 is 2. The van der Waals surface area contributed by atoms with E-state index >= 15 is 0 Å². The predicted molar refractivity (Wildman–Crippen MR) is 102 cm³/mol. The predicted octanol–water partition coefficient (Wildman–Crippen LogP) is 2.87. The van der Waals surface area contributed by atoms with Crippen molar-refractivity contribution in [3.05, 3.63) is 62.6 Å². The molecule has 0 aliphatic rings. The van der Waals surface area contributed by atoms with Crippen molar-refractivity contribution in [2.75, 3.05) is 19.6 Å². The molecule has 26 heavy (non-hydrogen) atoms. The van der Waals surface area contributed by atoms with Crippen molar-refractivity contribution in [1.29, 1.82) is 0 Å². The van der Waals surface area contributed by atoms with Crippen LogP contribution in [0.15, 0.2) is 45.7 Å². The zero-order valence-corrected chi connectivity index (χ0v) is 16.0. The van der Waals surface area contributed by atoms with Gasteiger partial charge in [0.2, 0.25) is 0 Å². The highest BCUT2D eigenvalue weighted by atomic mass is 79.9. The lowest BCUT2D eigenvalue weighted by molar-refractivity contribution is 0.101. The molecule has 1 aromatic heterocycles. The average Bonchev–Trinajstić information content (AvgIpc) is 2.65. The van der Waals surface area contributed by atoms with E-state index in [2.05, 4.69) is 26.3 Å². The van der Waals surface area contributed by atoms with Gasteiger partial charge in [-0.1, -0.05) is 15.9 Å². The molecule has 7 nitrogen and oxygen atoms in total. The molecule has 0 aliphatic heterocycles. The zero-order chi connectivity index (χ0) is 18.8. The lowest BCUT2D eigenvalue weighted by Crippen LogP contribution is -2.35. The van der Waals surface area contributed by atoms with Crippen molar-refractivity contribution < 1.29 is 14.3 Å². The Labute approximate surface area is 157 Å². The highest BCUT2D eigenvalue weighted by Crippen LogP contribution is 2.27. The van der Waals surface area contributed by atoms with Crippen LogP contribution >= 0.6 is 15.9 Å². The van der Waals surface area contributed by atoms with Crippen LogP contribution in [-0.2, 0) is 0 Å². The third-order valence-corrected chi connectivity index (χ3v) is 4.35. The molecule has 0 saturated carbocycles. The summed E-state index contributed by atoms with van der Waals surface area (Å²) in [7, 11) is 3.00. The molecule has 2 aromatic carbocycles. The molecule has 0 aliphatic carbocycles. The Hall–Kier alpha value is -2.87. The smallest absolute Gasteiger partial charge is 0.280 e. The maximum absolute atomic E-state index is 12.7. The standard InChI is InChI=1S/C18H16BrN3O4/c1-10-20-14-6-5-12(19)9-13(14)18(24)22(10)21-17(23)11-4-7-15(25-2)16(8-11)26-3/h4-9H,1-3H3,(H,21,23). The summed E-state index contributed by atoms with van der Waals surface area (Å²) in [6, 6.07) is 9.97. The summed E-state index contributed by atoms with van der Waals surface area (Å²) in [5.41, 5.74) is 3.11. The molecular formula is C18H16BrN3O4. The Balaban J connectivity index is 2.01. The first-order valence-electron chi connectivity index (χ1n) is 7.67. The molecule has 0 bridgehead atoms. The van der Waals surface area contributed by atoms with Gasteiger partial charge in [-0.05, 0) is 43.3 Å². The monoisotopic (exact) mass is 417 g/mol. The summed E-state index contributed by atoms with van der Waals surface area (Å²) in [4.78, 5) is 29.7. The van der Waals surface area contributed by atoms with E-state index in [1.165, 1.54) is 14.2 Å². The molecule has 1 heterocycles. The van der Waals surface area contributed by atoms with E-state index in [1.54, 1.807) is 43.3 Å². The molecule has 0 unspecified atom stereocenters. The minimum absolute atomic E-state index is 0.322. The van der Waals surface area contributed by atoms with Crippen LogP contribution in [0.4, 0.5) is 0 Å². The number of fused-ring (bicyclic) bond motifs is 1. The molecular weight excluding hydrogens is 402 g/mol. The van der Waals surface area contributed by atoms with Crippen LogP contribution in [0.1, 0.15) is 16.2 Å². The van der Waals surface area contributed by atoms with Crippen molar-refractivity contribution in [3.8, 4) is 11.5 Å². The first kappa shape index (κ1) is 17.9. The van der Waals surface area contributed by atoms with Crippen LogP contribution < -0.4 is 20.5 Å². The second-order valence-corrected chi connectivity index (χ2v) is 6.39. The van der Waals surface area contributed by atoms with Gasteiger partial charge in [-0.25, -0.2) is 9.66 Å². The topological polar surface area (TPSA) is 82.5 Å². The van der Waals surface area contributed by atoms with Gasteiger partial charge in [0.05, 0.1) is 25.1 Å². The van der Waals surface area contributed by atoms with Crippen LogP contribution in [0.25, 0.3) is 10.9 Å². The highest BCUT2D eigenvalue weighted by molar-refractivity contribution is 9.10. The van der Waals surface area contributed by atoms with Crippen LogP contribution in [0, 0.1) is 6.92 Å². The molecule has 0 atom stereocenters. The fourth-order valence-electron chi connectivity index (χ4n) is 2.54. The van der Waals surface area contributed by atoms with Crippen LogP contribution in [0.3, 0.4) is 0 Å². The minimum Gasteiger partial charge on any atom is -0.493 e. The number of benzene rings is 2. The Morgan fingerprint density at radius 2 is 1.85 bits per heavy atom. The number of hydrogen-bond acceptors (Lipinski definition) is 5. The number of carbonyl (C=O) groups is 1. The number of hydrogen-bond donors (Lipinski definition) is 1. The van der Waals surface area contributed by atoms with Crippen molar-refractivity contribution in [1.82, 2.24) is 9.66 Å². The fraction of sp³-hybridized carbons (Fsp3) is 0.167. The summed E-state index contributed by atoms with van der Waals surface area (Å²) < 4.78 is 12.3. The van der Waals surface area contributed by atoms with Crippen molar-refractivity contribution in [3.63, 3.8) is 0 Å². The number of amides is 1. The van der Waals surface area contributed by atoms with E-state index in [0.29, 0.717) is 33.8 Å². The molecule has 0 radical (unpaired) electrons. The lowest BCUT2D eigenvalue weighted by Gasteiger charge is -2.13. The van der Waals surface area contributed by atoms with E-state index in [9.17, 15) is 9.59 Å². The Kier molecular flexibility index (Phi) is 4.94. The summed E-state index contributed by atoms with van der Waals surface area (Å²) in [6.45, 7) is 1.65. The molecule has 134 valence electrons. The normalized spacial score (nSPS) is 10.6. The van der Waals surface area contributed by atoms with Gasteiger partial charge in [0, 0.05) is 10.0 Å². The second-order valence-electron chi connectivity index (χ2n) is 5.47. The number of aromatic nitrogens is 2. The molecule has 8 heteroatoms. The quantitative estimate of drug-likeness (QED) is 0.705. The molecule has 3 rings (SSSR count). The molecule has 3 aromatic rings. The summed E-state index contributed by atoms with van der Waals surface area (Å²) in [6.07, 6.45) is 0. The van der Waals surface area contributed by atoms with Gasteiger partial charge in [-0.2, -0.15) is 0 Å². The van der Waals surface area contributed by atoms with Gasteiger partial charge in [-0.3, -0.25) is 15.0 Å². The van der Waals surface area contributed by atoms with Gasteiger partial charge in [-0.15, -0.1) is 0 Å². The first-order valence-corrected chi connectivity index (χ1v) is 8.46. The fourth-order valence-corrected chi connectivity index (χ4v) is 2.91. The van der Waals surface area contributed by atoms with Gasteiger partial charge < -0.3 is 9.47 Å². The van der Waals surface area contributed by atoms with Crippen LogP contribution in [0.5, 0.6) is 11.5 Å². The molecule has 0 saturated heterocycles. The second kappa shape index (κ2) is 7.17. The average molecular weight is 418 g/mol. The van der Waals surface area contributed by atoms with Gasteiger partial charge in [0.1, 0.15) is 5.82 Å². The number of nitrogens with zero attached hydrogens (tertiary/aromatic N) is 2. The molecule has 1 amide bonds. The number of nitrogens with one attached hydrogen (secondary N) is 1. The first-order chi connectivity index (χ1) is 12.4. The number of rotatable bonds is 4. The number of aryl methyl sites for hydroxylation is 1. The van der Waals surface area contributed by atoms with Crippen molar-refractivity contribution in [2.24, 2.45) is 0 Å². The summed E-state index contributed by atoms with van der Waals surface area (Å²) in [5, 5.41) is 0.401. The summed E-state index contributed by atoms with van der Waals surface area (Å²) >= 11 is 3.34. The van der Waals surface area contributed by atoms with Crippen molar-refractivity contribution >= 4 is 32.7 Å². The van der Waals surface area contributed by atoms with E-state index in [4.69, 9.17) is 9.47 Å². The van der Waals surface area contributed by atoms with Crippen LogP contribution in [-0.4, -0.2) is 29.8 Å². The number of ether oxygens (including phenoxy) is 2. The number of carbonyl (C=O) groups excluding carboxylic acids is 1. The largest absolute Gasteiger partial charge is 0.493 e. The van der Waals surface area contributed by atoms with Crippen LogP contribution in [0.2, 0.25) is 0 Å². The Bertz CT molecular complexity index is 1060. The van der Waals surface area contributed by atoms with E-state index in [-0.39, 0.29) is 5.56 Å². The van der Waals surface area contributed by atoms with E-state index in [0.717, 1.165) is 9.15 Å². The van der Waals surface area contributed by atoms with E-state index in [1.807, 2.05) is 0 Å². The molecule has 0 fully saturated rings. The maximum Gasteiger partial charge on any atom is 0.280 e.